The molecule has 114 valence electrons. The Morgan fingerprint density at radius 3 is 2.57 bits per heavy atom. The van der Waals surface area contributed by atoms with Gasteiger partial charge in [0.05, 0.1) is 0 Å². The standard InChI is InChI=1S/C18H25NO2/c1-2-8-18(9-3-1)20-16-5-4-15(13-17(16)21-18)12-14-6-10-19-11-7-14/h4-5,13-14,19H,1-3,6-12H2. The molecule has 1 aliphatic carbocycles. The quantitative estimate of drug-likeness (QED) is 0.900. The second-order valence-electron chi connectivity index (χ2n) is 6.85. The molecule has 3 aliphatic rings. The molecule has 0 amide bonds. The highest BCUT2D eigenvalue weighted by atomic mass is 16.7. The van der Waals surface area contributed by atoms with Crippen molar-refractivity contribution in [2.45, 2.75) is 57.2 Å². The molecule has 4 rings (SSSR count). The van der Waals surface area contributed by atoms with Crippen molar-refractivity contribution >= 4 is 0 Å². The fourth-order valence-corrected chi connectivity index (χ4v) is 3.98. The molecule has 1 aromatic rings. The number of fused-ring (bicyclic) bond motifs is 1. The maximum Gasteiger partial charge on any atom is 0.251 e. The lowest BCUT2D eigenvalue weighted by atomic mass is 9.91. The van der Waals surface area contributed by atoms with Crippen molar-refractivity contribution in [3.63, 3.8) is 0 Å². The molecule has 0 radical (unpaired) electrons. The van der Waals surface area contributed by atoms with Crippen LogP contribution in [0.4, 0.5) is 0 Å². The van der Waals surface area contributed by atoms with E-state index in [4.69, 9.17) is 9.47 Å². The first-order valence-electron chi connectivity index (χ1n) is 8.55. The van der Waals surface area contributed by atoms with Gasteiger partial charge in [-0.2, -0.15) is 0 Å². The van der Waals surface area contributed by atoms with Crippen LogP contribution in [0.15, 0.2) is 18.2 Å². The van der Waals surface area contributed by atoms with E-state index in [9.17, 15) is 0 Å². The van der Waals surface area contributed by atoms with Crippen LogP contribution in [-0.4, -0.2) is 18.9 Å². The summed E-state index contributed by atoms with van der Waals surface area (Å²) in [5.74, 6) is 2.40. The number of benzene rings is 1. The second kappa shape index (κ2) is 5.53. The highest BCUT2D eigenvalue weighted by molar-refractivity contribution is 5.46. The van der Waals surface area contributed by atoms with E-state index in [-0.39, 0.29) is 5.79 Å². The summed E-state index contributed by atoms with van der Waals surface area (Å²) in [6, 6.07) is 6.57. The van der Waals surface area contributed by atoms with Gasteiger partial charge in [0.2, 0.25) is 0 Å². The summed E-state index contributed by atoms with van der Waals surface area (Å²) in [5.41, 5.74) is 1.40. The van der Waals surface area contributed by atoms with E-state index in [1.165, 1.54) is 57.2 Å². The maximum absolute atomic E-state index is 6.23. The van der Waals surface area contributed by atoms with Crippen LogP contribution in [-0.2, 0) is 6.42 Å². The van der Waals surface area contributed by atoms with Gasteiger partial charge in [-0.1, -0.05) is 12.5 Å². The third kappa shape index (κ3) is 2.76. The van der Waals surface area contributed by atoms with E-state index in [0.717, 1.165) is 30.3 Å². The zero-order valence-corrected chi connectivity index (χ0v) is 12.7. The van der Waals surface area contributed by atoms with Crippen LogP contribution in [0.1, 0.15) is 50.5 Å². The Balaban J connectivity index is 1.47. The topological polar surface area (TPSA) is 30.5 Å². The summed E-state index contributed by atoms with van der Waals surface area (Å²) < 4.78 is 12.4. The van der Waals surface area contributed by atoms with Gasteiger partial charge in [-0.05, 0) is 68.8 Å². The number of ether oxygens (including phenoxy) is 2. The predicted octanol–water partition coefficient (Wildman–Crippen LogP) is 3.66. The Kier molecular flexibility index (Phi) is 3.54. The molecular formula is C18H25NO2. The van der Waals surface area contributed by atoms with E-state index in [0.29, 0.717) is 0 Å². The minimum Gasteiger partial charge on any atom is -0.448 e. The normalized spacial score (nSPS) is 24.4. The Hall–Kier alpha value is -1.22. The van der Waals surface area contributed by atoms with Crippen LogP contribution < -0.4 is 14.8 Å². The lowest BCUT2D eigenvalue weighted by Crippen LogP contribution is -2.40. The van der Waals surface area contributed by atoms with Gasteiger partial charge in [0, 0.05) is 12.8 Å². The van der Waals surface area contributed by atoms with Crippen LogP contribution in [0.25, 0.3) is 0 Å². The summed E-state index contributed by atoms with van der Waals surface area (Å²) in [5, 5.41) is 3.44. The van der Waals surface area contributed by atoms with Crippen LogP contribution in [0.5, 0.6) is 11.5 Å². The summed E-state index contributed by atoms with van der Waals surface area (Å²) >= 11 is 0. The third-order valence-electron chi connectivity index (χ3n) is 5.20. The highest BCUT2D eigenvalue weighted by Gasteiger charge is 2.42. The minimum absolute atomic E-state index is 0.339. The molecule has 0 atom stereocenters. The molecule has 2 fully saturated rings. The highest BCUT2D eigenvalue weighted by Crippen LogP contribution is 2.46. The molecule has 1 N–H and O–H groups in total. The molecule has 0 unspecified atom stereocenters. The van der Waals surface area contributed by atoms with Gasteiger partial charge in [-0.25, -0.2) is 0 Å². The van der Waals surface area contributed by atoms with E-state index < -0.39 is 0 Å². The minimum atomic E-state index is -0.339. The first-order valence-corrected chi connectivity index (χ1v) is 8.55. The molecule has 0 bridgehead atoms. The average molecular weight is 287 g/mol. The van der Waals surface area contributed by atoms with E-state index in [1.807, 2.05) is 0 Å². The lowest BCUT2D eigenvalue weighted by Gasteiger charge is -2.31. The molecule has 1 aromatic carbocycles. The first-order chi connectivity index (χ1) is 10.3. The van der Waals surface area contributed by atoms with Gasteiger partial charge >= 0.3 is 0 Å². The van der Waals surface area contributed by atoms with Crippen molar-refractivity contribution in [1.82, 2.24) is 5.32 Å². The van der Waals surface area contributed by atoms with E-state index in [2.05, 4.69) is 23.5 Å². The van der Waals surface area contributed by atoms with Crippen LogP contribution >= 0.6 is 0 Å². The molecule has 1 spiro atoms. The van der Waals surface area contributed by atoms with Crippen molar-refractivity contribution in [2.75, 3.05) is 13.1 Å². The van der Waals surface area contributed by atoms with Gasteiger partial charge in [-0.3, -0.25) is 0 Å². The number of nitrogens with one attached hydrogen (secondary N) is 1. The van der Waals surface area contributed by atoms with Crippen molar-refractivity contribution in [1.29, 1.82) is 0 Å². The van der Waals surface area contributed by atoms with Crippen molar-refractivity contribution in [3.8, 4) is 11.5 Å². The predicted molar refractivity (Wildman–Crippen MR) is 82.8 cm³/mol. The third-order valence-corrected chi connectivity index (χ3v) is 5.20. The van der Waals surface area contributed by atoms with Gasteiger partial charge in [0.25, 0.3) is 5.79 Å². The molecule has 1 saturated heterocycles. The van der Waals surface area contributed by atoms with Crippen LogP contribution in [0.3, 0.4) is 0 Å². The van der Waals surface area contributed by atoms with Crippen LogP contribution in [0.2, 0.25) is 0 Å². The molecule has 3 nitrogen and oxygen atoms in total. The van der Waals surface area contributed by atoms with E-state index in [1.54, 1.807) is 0 Å². The van der Waals surface area contributed by atoms with Gasteiger partial charge < -0.3 is 14.8 Å². The zero-order chi connectivity index (χ0) is 14.1. The van der Waals surface area contributed by atoms with E-state index >= 15 is 0 Å². The maximum atomic E-state index is 6.23. The first kappa shape index (κ1) is 13.4. The Bertz CT molecular complexity index is 502. The molecule has 2 heterocycles. The average Bonchev–Trinajstić information content (AvgIpc) is 2.85. The smallest absolute Gasteiger partial charge is 0.251 e. The van der Waals surface area contributed by atoms with Gasteiger partial charge in [0.15, 0.2) is 11.5 Å². The Labute approximate surface area is 127 Å². The zero-order valence-electron chi connectivity index (χ0n) is 12.7. The summed E-state index contributed by atoms with van der Waals surface area (Å²) in [6.45, 7) is 2.33. The molecule has 2 aliphatic heterocycles. The molecule has 21 heavy (non-hydrogen) atoms. The number of piperidine rings is 1. The summed E-state index contributed by atoms with van der Waals surface area (Å²) in [4.78, 5) is 0. The fourth-order valence-electron chi connectivity index (χ4n) is 3.98. The molecule has 0 aromatic heterocycles. The number of rotatable bonds is 2. The van der Waals surface area contributed by atoms with Crippen molar-refractivity contribution < 1.29 is 9.47 Å². The Morgan fingerprint density at radius 1 is 1.00 bits per heavy atom. The molecular weight excluding hydrogens is 262 g/mol. The van der Waals surface area contributed by atoms with Crippen molar-refractivity contribution in [3.05, 3.63) is 23.8 Å². The van der Waals surface area contributed by atoms with Crippen molar-refractivity contribution in [2.24, 2.45) is 5.92 Å². The Morgan fingerprint density at radius 2 is 1.76 bits per heavy atom. The monoisotopic (exact) mass is 287 g/mol. The largest absolute Gasteiger partial charge is 0.448 e. The second-order valence-corrected chi connectivity index (χ2v) is 6.85. The molecule has 3 heteroatoms. The molecule has 1 saturated carbocycles. The van der Waals surface area contributed by atoms with Gasteiger partial charge in [-0.15, -0.1) is 0 Å². The summed E-state index contributed by atoms with van der Waals surface area (Å²) in [7, 11) is 0. The van der Waals surface area contributed by atoms with Crippen LogP contribution in [0, 0.1) is 5.92 Å². The van der Waals surface area contributed by atoms with Gasteiger partial charge in [0.1, 0.15) is 0 Å². The SMILES string of the molecule is c1cc2c(cc1CC1CCNCC1)OC1(CCCCC1)O2. The summed E-state index contributed by atoms with van der Waals surface area (Å²) in [6.07, 6.45) is 9.57. The lowest BCUT2D eigenvalue weighted by molar-refractivity contribution is -0.105. The number of hydrogen-bond acceptors (Lipinski definition) is 3. The number of hydrogen-bond donors (Lipinski definition) is 1. The fraction of sp³-hybridized carbons (Fsp3) is 0.667.